The van der Waals surface area contributed by atoms with Crippen LogP contribution in [-0.2, 0) is 20.0 Å². The molecule has 2 aromatic carbocycles. The largest absolute Gasteiger partial charge is 0.289 e. The number of nitrogens with one attached hydrogen (secondary N) is 1. The zero-order valence-corrected chi connectivity index (χ0v) is 14.1. The number of nitro groups is 1. The summed E-state index contributed by atoms with van der Waals surface area (Å²) < 4.78 is 49.3. The second-order valence-corrected chi connectivity index (χ2v) is 8.20. The molecule has 3 N–H and O–H groups in total. The van der Waals surface area contributed by atoms with Gasteiger partial charge in [-0.3, -0.25) is 14.8 Å². The summed E-state index contributed by atoms with van der Waals surface area (Å²) in [6.45, 7) is 0. The molecule has 0 saturated carbocycles. The number of benzene rings is 2. The first-order valence-electron chi connectivity index (χ1n) is 6.10. The van der Waals surface area contributed by atoms with Crippen molar-refractivity contribution >= 4 is 43.0 Å². The highest BCUT2D eigenvalue weighted by Crippen LogP contribution is 2.28. The smallest absolute Gasteiger partial charge is 0.280 e. The number of anilines is 1. The Kier molecular flexibility index (Phi) is 4.80. The number of nitro benzene ring substituents is 1. The van der Waals surface area contributed by atoms with Gasteiger partial charge in [-0.05, 0) is 30.3 Å². The van der Waals surface area contributed by atoms with E-state index in [1.165, 1.54) is 18.2 Å². The molecule has 0 atom stereocenters. The van der Waals surface area contributed by atoms with Crippen molar-refractivity contribution in [3.8, 4) is 0 Å². The van der Waals surface area contributed by atoms with Crippen LogP contribution in [0.15, 0.2) is 52.3 Å². The van der Waals surface area contributed by atoms with Gasteiger partial charge in [0.2, 0.25) is 10.0 Å². The van der Waals surface area contributed by atoms with E-state index in [4.69, 9.17) is 16.7 Å². The third kappa shape index (κ3) is 4.00. The van der Waals surface area contributed by atoms with Crippen molar-refractivity contribution in [1.29, 1.82) is 0 Å². The molecule has 0 aliphatic carbocycles. The van der Waals surface area contributed by atoms with E-state index >= 15 is 0 Å². The predicted molar refractivity (Wildman–Crippen MR) is 86.7 cm³/mol. The van der Waals surface area contributed by atoms with Crippen LogP contribution in [0.2, 0.25) is 5.02 Å². The first-order chi connectivity index (χ1) is 11.0. The summed E-state index contributed by atoms with van der Waals surface area (Å²) in [5.74, 6) is 0. The molecule has 2 rings (SSSR count). The van der Waals surface area contributed by atoms with Crippen LogP contribution in [0, 0.1) is 10.1 Å². The highest BCUT2D eigenvalue weighted by molar-refractivity contribution is 7.92. The molecule has 128 valence electrons. The minimum Gasteiger partial charge on any atom is -0.280 e. The molecular formula is C12H10ClN3O6S2. The summed E-state index contributed by atoms with van der Waals surface area (Å²) in [7, 11) is -8.21. The van der Waals surface area contributed by atoms with Crippen molar-refractivity contribution in [3.05, 3.63) is 57.6 Å². The lowest BCUT2D eigenvalue weighted by Crippen LogP contribution is -2.15. The molecule has 24 heavy (non-hydrogen) atoms. The number of hydrogen-bond donors (Lipinski definition) is 2. The Balaban J connectivity index is 2.43. The van der Waals surface area contributed by atoms with Crippen LogP contribution in [0.4, 0.5) is 11.4 Å². The van der Waals surface area contributed by atoms with Gasteiger partial charge in [0.05, 0.1) is 20.4 Å². The summed E-state index contributed by atoms with van der Waals surface area (Å²) >= 11 is 5.63. The van der Waals surface area contributed by atoms with Crippen LogP contribution in [0.5, 0.6) is 0 Å². The quantitative estimate of drug-likeness (QED) is 0.584. The fourth-order valence-electron chi connectivity index (χ4n) is 1.75. The van der Waals surface area contributed by atoms with E-state index in [0.717, 1.165) is 24.3 Å². The minimum atomic E-state index is -4.20. The van der Waals surface area contributed by atoms with E-state index in [2.05, 4.69) is 4.72 Å². The molecule has 12 heteroatoms. The van der Waals surface area contributed by atoms with Crippen molar-refractivity contribution in [2.24, 2.45) is 5.14 Å². The Morgan fingerprint density at radius 3 is 2.29 bits per heavy atom. The minimum absolute atomic E-state index is 0.0703. The van der Waals surface area contributed by atoms with Gasteiger partial charge in [-0.2, -0.15) is 0 Å². The Bertz CT molecular complexity index is 1020. The summed E-state index contributed by atoms with van der Waals surface area (Å²) in [4.78, 5) is 9.33. The van der Waals surface area contributed by atoms with Gasteiger partial charge in [-0.25, -0.2) is 22.0 Å². The van der Waals surface area contributed by atoms with E-state index in [0.29, 0.717) is 0 Å². The van der Waals surface area contributed by atoms with Gasteiger partial charge in [0.25, 0.3) is 15.7 Å². The zero-order chi connectivity index (χ0) is 18.1. The molecule has 0 fully saturated rings. The standard InChI is InChI=1S/C12H10ClN3O6S2/c13-11-5-4-10(7-12(11)16(17)18)24(21,22)15-8-2-1-3-9(6-8)23(14,19)20/h1-7,15H,(H2,14,19,20). The predicted octanol–water partition coefficient (Wildman–Crippen LogP) is 1.70. The van der Waals surface area contributed by atoms with Gasteiger partial charge in [-0.1, -0.05) is 17.7 Å². The van der Waals surface area contributed by atoms with E-state index in [1.54, 1.807) is 0 Å². The lowest BCUT2D eigenvalue weighted by molar-refractivity contribution is -0.384. The van der Waals surface area contributed by atoms with Crippen LogP contribution in [0.1, 0.15) is 0 Å². The molecular weight excluding hydrogens is 382 g/mol. The van der Waals surface area contributed by atoms with E-state index < -0.39 is 35.6 Å². The van der Waals surface area contributed by atoms with Crippen LogP contribution in [0.3, 0.4) is 0 Å². The molecule has 0 bridgehead atoms. The second kappa shape index (κ2) is 6.36. The van der Waals surface area contributed by atoms with Gasteiger partial charge in [0.15, 0.2) is 0 Å². The molecule has 9 nitrogen and oxygen atoms in total. The number of sulfonamides is 2. The van der Waals surface area contributed by atoms with Crippen LogP contribution in [0.25, 0.3) is 0 Å². The fourth-order valence-corrected chi connectivity index (χ4v) is 3.57. The Labute approximate surface area is 142 Å². The van der Waals surface area contributed by atoms with Crippen LogP contribution in [-0.4, -0.2) is 21.8 Å². The highest BCUT2D eigenvalue weighted by Gasteiger charge is 2.21. The van der Waals surface area contributed by atoms with E-state index in [-0.39, 0.29) is 15.6 Å². The van der Waals surface area contributed by atoms with E-state index in [1.807, 2.05) is 0 Å². The molecule has 0 aliphatic heterocycles. The maximum atomic E-state index is 12.3. The lowest BCUT2D eigenvalue weighted by Gasteiger charge is -2.09. The molecule has 0 aromatic heterocycles. The summed E-state index contributed by atoms with van der Waals surface area (Å²) in [6.07, 6.45) is 0. The third-order valence-corrected chi connectivity index (χ3v) is 5.45. The van der Waals surface area contributed by atoms with Gasteiger partial charge in [0, 0.05) is 6.07 Å². The Morgan fingerprint density at radius 2 is 1.71 bits per heavy atom. The Morgan fingerprint density at radius 1 is 1.04 bits per heavy atom. The first kappa shape index (κ1) is 18.1. The average Bonchev–Trinajstić information content (AvgIpc) is 2.46. The Hall–Kier alpha value is -2.21. The summed E-state index contributed by atoms with van der Waals surface area (Å²) in [5.41, 5.74) is -0.642. The summed E-state index contributed by atoms with van der Waals surface area (Å²) in [5, 5.41) is 15.6. The van der Waals surface area contributed by atoms with Crippen molar-refractivity contribution in [2.75, 3.05) is 4.72 Å². The molecule has 0 aliphatic rings. The number of primary sulfonamides is 1. The van der Waals surface area contributed by atoms with Crippen molar-refractivity contribution in [1.82, 2.24) is 0 Å². The molecule has 0 amide bonds. The normalized spacial score (nSPS) is 11.9. The van der Waals surface area contributed by atoms with Gasteiger partial charge < -0.3 is 0 Å². The first-order valence-corrected chi connectivity index (χ1v) is 9.51. The lowest BCUT2D eigenvalue weighted by atomic mass is 10.3. The molecule has 0 radical (unpaired) electrons. The second-order valence-electron chi connectivity index (χ2n) is 4.55. The summed E-state index contributed by atoms with van der Waals surface area (Å²) in [6, 6.07) is 7.78. The SMILES string of the molecule is NS(=O)(=O)c1cccc(NS(=O)(=O)c2ccc(Cl)c([N+](=O)[O-])c2)c1. The monoisotopic (exact) mass is 391 g/mol. The van der Waals surface area contributed by atoms with Crippen molar-refractivity contribution in [3.63, 3.8) is 0 Å². The zero-order valence-electron chi connectivity index (χ0n) is 11.7. The van der Waals surface area contributed by atoms with Crippen molar-refractivity contribution < 1.29 is 21.8 Å². The molecule has 0 heterocycles. The molecule has 2 aromatic rings. The number of hydrogen-bond acceptors (Lipinski definition) is 6. The highest BCUT2D eigenvalue weighted by atomic mass is 35.5. The van der Waals surface area contributed by atoms with Crippen LogP contribution < -0.4 is 9.86 Å². The fraction of sp³-hybridized carbons (Fsp3) is 0. The molecule has 0 spiro atoms. The number of nitrogens with zero attached hydrogens (tertiary/aromatic N) is 1. The van der Waals surface area contributed by atoms with Crippen molar-refractivity contribution in [2.45, 2.75) is 9.79 Å². The maximum Gasteiger partial charge on any atom is 0.289 e. The van der Waals surface area contributed by atoms with Gasteiger partial charge in [0.1, 0.15) is 5.02 Å². The molecule has 0 unspecified atom stereocenters. The maximum absolute atomic E-state index is 12.3. The van der Waals surface area contributed by atoms with E-state index in [9.17, 15) is 26.9 Å². The van der Waals surface area contributed by atoms with Gasteiger partial charge >= 0.3 is 0 Å². The number of halogens is 1. The van der Waals surface area contributed by atoms with Gasteiger partial charge in [-0.15, -0.1) is 0 Å². The number of nitrogens with two attached hydrogens (primary N) is 1. The number of rotatable bonds is 5. The third-order valence-electron chi connectivity index (χ3n) is 2.84. The molecule has 0 saturated heterocycles. The van der Waals surface area contributed by atoms with Crippen LogP contribution >= 0.6 is 11.6 Å². The topological polar surface area (TPSA) is 149 Å². The average molecular weight is 392 g/mol.